The van der Waals surface area contributed by atoms with E-state index < -0.39 is 24.2 Å². The van der Waals surface area contributed by atoms with Crippen LogP contribution in [0, 0.1) is 0 Å². The lowest BCUT2D eigenvalue weighted by atomic mass is 10.1. The SMILES string of the molecule is CC1(C)OC2[C@@H](CO)O[C@@H](n3cnc4c(=O)[nH]cnc43)[C@H]2O1. The van der Waals surface area contributed by atoms with Crippen LogP contribution in [0.2, 0.25) is 0 Å². The van der Waals surface area contributed by atoms with Gasteiger partial charge in [0.15, 0.2) is 23.2 Å². The van der Waals surface area contributed by atoms with E-state index in [4.69, 9.17) is 14.2 Å². The van der Waals surface area contributed by atoms with Crippen LogP contribution in [-0.4, -0.2) is 55.3 Å². The van der Waals surface area contributed by atoms with Crippen LogP contribution >= 0.6 is 0 Å². The van der Waals surface area contributed by atoms with Gasteiger partial charge in [-0.2, -0.15) is 0 Å². The van der Waals surface area contributed by atoms with Gasteiger partial charge in [-0.15, -0.1) is 0 Å². The number of aliphatic hydroxyl groups is 1. The average molecular weight is 308 g/mol. The summed E-state index contributed by atoms with van der Waals surface area (Å²) < 4.78 is 19.2. The molecule has 9 heteroatoms. The summed E-state index contributed by atoms with van der Waals surface area (Å²) in [6.45, 7) is 3.44. The standard InChI is InChI=1S/C13H16N4O5/c1-13(2)21-8-6(3-18)20-12(9(8)22-13)17-5-16-7-10(17)14-4-15-11(7)19/h4-6,8-9,12,18H,3H2,1-2H3,(H,14,15,19)/t6-,8?,9+,12-/m1/s1. The number of hydrogen-bond acceptors (Lipinski definition) is 7. The number of rotatable bonds is 2. The van der Waals surface area contributed by atoms with Crippen LogP contribution in [0.25, 0.3) is 11.2 Å². The molecule has 0 spiro atoms. The highest BCUT2D eigenvalue weighted by Crippen LogP contribution is 2.43. The molecule has 2 aromatic heterocycles. The smallest absolute Gasteiger partial charge is 0.278 e. The van der Waals surface area contributed by atoms with Gasteiger partial charge in [0.2, 0.25) is 0 Å². The zero-order valence-electron chi connectivity index (χ0n) is 12.1. The van der Waals surface area contributed by atoms with Gasteiger partial charge in [-0.3, -0.25) is 9.36 Å². The zero-order valence-corrected chi connectivity index (χ0v) is 12.1. The first-order valence-electron chi connectivity index (χ1n) is 7.02. The summed E-state index contributed by atoms with van der Waals surface area (Å²) in [6, 6.07) is 0. The lowest BCUT2D eigenvalue weighted by Gasteiger charge is -2.24. The van der Waals surface area contributed by atoms with Gasteiger partial charge >= 0.3 is 0 Å². The monoisotopic (exact) mass is 308 g/mol. The van der Waals surface area contributed by atoms with Crippen LogP contribution in [0.15, 0.2) is 17.4 Å². The van der Waals surface area contributed by atoms with Crippen LogP contribution in [0.3, 0.4) is 0 Å². The molecular formula is C13H16N4O5. The Bertz CT molecular complexity index is 769. The molecule has 1 unspecified atom stereocenters. The van der Waals surface area contributed by atoms with Gasteiger partial charge in [-0.1, -0.05) is 0 Å². The zero-order chi connectivity index (χ0) is 15.5. The normalized spacial score (nSPS) is 33.4. The van der Waals surface area contributed by atoms with E-state index in [1.54, 1.807) is 4.57 Å². The number of aromatic nitrogens is 4. The van der Waals surface area contributed by atoms with Crippen molar-refractivity contribution in [2.45, 2.75) is 44.2 Å². The molecule has 2 aliphatic heterocycles. The third-order valence-electron chi connectivity index (χ3n) is 3.94. The van der Waals surface area contributed by atoms with Crippen molar-refractivity contribution in [2.75, 3.05) is 6.61 Å². The Morgan fingerprint density at radius 1 is 1.36 bits per heavy atom. The molecule has 0 aromatic carbocycles. The first-order chi connectivity index (χ1) is 10.5. The molecule has 4 atom stereocenters. The number of aromatic amines is 1. The Labute approximate surface area is 124 Å². The molecule has 4 heterocycles. The van der Waals surface area contributed by atoms with Crippen molar-refractivity contribution in [3.8, 4) is 0 Å². The minimum atomic E-state index is -0.758. The van der Waals surface area contributed by atoms with Gasteiger partial charge < -0.3 is 24.3 Å². The van der Waals surface area contributed by atoms with Gasteiger partial charge in [0.1, 0.15) is 18.3 Å². The summed E-state index contributed by atoms with van der Waals surface area (Å²) in [4.78, 5) is 22.5. The molecule has 2 N–H and O–H groups in total. The molecule has 2 aliphatic rings. The maximum absolute atomic E-state index is 11.8. The van der Waals surface area contributed by atoms with E-state index >= 15 is 0 Å². The summed E-state index contributed by atoms with van der Waals surface area (Å²) in [5, 5.41) is 9.50. The van der Waals surface area contributed by atoms with Crippen molar-refractivity contribution >= 4 is 11.2 Å². The maximum atomic E-state index is 11.8. The number of nitrogens with zero attached hydrogens (tertiary/aromatic N) is 3. The molecule has 0 aliphatic carbocycles. The molecular weight excluding hydrogens is 292 g/mol. The van der Waals surface area contributed by atoms with E-state index in [-0.39, 0.29) is 23.8 Å². The second kappa shape index (κ2) is 4.59. The van der Waals surface area contributed by atoms with Crippen molar-refractivity contribution < 1.29 is 19.3 Å². The number of hydrogen-bond donors (Lipinski definition) is 2. The largest absolute Gasteiger partial charge is 0.394 e. The highest BCUT2D eigenvalue weighted by atomic mass is 16.8. The second-order valence-electron chi connectivity index (χ2n) is 5.87. The Morgan fingerprint density at radius 2 is 2.14 bits per heavy atom. The van der Waals surface area contributed by atoms with Gasteiger partial charge in [0, 0.05) is 0 Å². The lowest BCUT2D eigenvalue weighted by Crippen LogP contribution is -2.31. The number of H-pyrrole nitrogens is 1. The predicted molar refractivity (Wildman–Crippen MR) is 73.0 cm³/mol. The Balaban J connectivity index is 1.78. The Hall–Kier alpha value is -1.81. The van der Waals surface area contributed by atoms with E-state index in [1.807, 2.05) is 13.8 Å². The first-order valence-corrected chi connectivity index (χ1v) is 7.02. The highest BCUT2D eigenvalue weighted by Gasteiger charge is 2.55. The third-order valence-corrected chi connectivity index (χ3v) is 3.94. The van der Waals surface area contributed by atoms with Crippen LogP contribution < -0.4 is 5.56 Å². The molecule has 0 amide bonds. The lowest BCUT2D eigenvalue weighted by molar-refractivity contribution is -0.199. The molecule has 22 heavy (non-hydrogen) atoms. The number of fused-ring (bicyclic) bond motifs is 2. The summed E-state index contributed by atoms with van der Waals surface area (Å²) in [6.07, 6.45) is 0.937. The van der Waals surface area contributed by atoms with Crippen molar-refractivity contribution in [1.82, 2.24) is 19.5 Å². The summed E-state index contributed by atoms with van der Waals surface area (Å²) in [5.74, 6) is -0.758. The molecule has 0 saturated carbocycles. The number of ether oxygens (including phenoxy) is 3. The van der Waals surface area contributed by atoms with Crippen LogP contribution in [-0.2, 0) is 14.2 Å². The Kier molecular flexibility index (Phi) is 2.89. The third kappa shape index (κ3) is 1.90. The minimum Gasteiger partial charge on any atom is -0.394 e. The van der Waals surface area contributed by atoms with E-state index in [0.717, 1.165) is 0 Å². The van der Waals surface area contributed by atoms with E-state index in [2.05, 4.69) is 15.0 Å². The molecule has 0 bridgehead atoms. The van der Waals surface area contributed by atoms with Crippen molar-refractivity contribution in [3.63, 3.8) is 0 Å². The van der Waals surface area contributed by atoms with Crippen LogP contribution in [0.4, 0.5) is 0 Å². The second-order valence-corrected chi connectivity index (χ2v) is 5.87. The van der Waals surface area contributed by atoms with Crippen LogP contribution in [0.1, 0.15) is 20.1 Å². The van der Waals surface area contributed by atoms with E-state index in [9.17, 15) is 9.90 Å². The molecule has 2 fully saturated rings. The predicted octanol–water partition coefficient (Wildman–Crippen LogP) is -0.471. The quantitative estimate of drug-likeness (QED) is 0.771. The molecule has 0 radical (unpaired) electrons. The summed E-state index contributed by atoms with van der Waals surface area (Å²) in [7, 11) is 0. The van der Waals surface area contributed by atoms with Crippen molar-refractivity contribution in [1.29, 1.82) is 0 Å². The number of aliphatic hydroxyl groups excluding tert-OH is 1. The molecule has 2 aromatic rings. The van der Waals surface area contributed by atoms with Crippen LogP contribution in [0.5, 0.6) is 0 Å². The van der Waals surface area contributed by atoms with Gasteiger partial charge in [-0.25, -0.2) is 9.97 Å². The maximum Gasteiger partial charge on any atom is 0.278 e. The molecule has 4 rings (SSSR count). The summed E-state index contributed by atoms with van der Waals surface area (Å²) >= 11 is 0. The fraction of sp³-hybridized carbons (Fsp3) is 0.615. The fourth-order valence-corrected chi connectivity index (χ4v) is 3.08. The van der Waals surface area contributed by atoms with Crippen molar-refractivity contribution in [2.24, 2.45) is 0 Å². The topological polar surface area (TPSA) is 111 Å². The van der Waals surface area contributed by atoms with E-state index in [0.29, 0.717) is 5.65 Å². The Morgan fingerprint density at radius 3 is 2.91 bits per heavy atom. The molecule has 118 valence electrons. The van der Waals surface area contributed by atoms with Gasteiger partial charge in [-0.05, 0) is 13.8 Å². The molecule has 9 nitrogen and oxygen atoms in total. The van der Waals surface area contributed by atoms with Gasteiger partial charge in [0.25, 0.3) is 5.56 Å². The van der Waals surface area contributed by atoms with Gasteiger partial charge in [0.05, 0.1) is 19.3 Å². The van der Waals surface area contributed by atoms with E-state index in [1.165, 1.54) is 12.7 Å². The number of imidazole rings is 1. The fourth-order valence-electron chi connectivity index (χ4n) is 3.08. The van der Waals surface area contributed by atoms with Crippen molar-refractivity contribution in [3.05, 3.63) is 23.0 Å². The first kappa shape index (κ1) is 13.8. The minimum absolute atomic E-state index is 0.183. The molecule has 2 saturated heterocycles. The number of nitrogens with one attached hydrogen (secondary N) is 1. The summed E-state index contributed by atoms with van der Waals surface area (Å²) in [5.41, 5.74) is 0.314. The highest BCUT2D eigenvalue weighted by molar-refractivity contribution is 5.68. The average Bonchev–Trinajstić information content (AvgIpc) is 3.10.